The standard InChI is InChI=1S/C22H19N3O2S2/c1-2-19(28-22-24-17-9-5-6-10-20(17)29-22)21(27)25-23-13-16-15-8-4-3-7-14(15)11-12-18(16)26/h3-13,19,26H,2H2,1H3,(H,25,27)/b23-13+. The van der Waals surface area contributed by atoms with Gasteiger partial charge in [-0.3, -0.25) is 4.79 Å². The number of hydrogen-bond acceptors (Lipinski definition) is 6. The number of nitrogens with one attached hydrogen (secondary N) is 1. The Labute approximate surface area is 176 Å². The minimum Gasteiger partial charge on any atom is -0.507 e. The van der Waals surface area contributed by atoms with Crippen LogP contribution in [0.3, 0.4) is 0 Å². The van der Waals surface area contributed by atoms with Gasteiger partial charge in [0, 0.05) is 5.56 Å². The Morgan fingerprint density at radius 3 is 2.83 bits per heavy atom. The van der Waals surface area contributed by atoms with Gasteiger partial charge in [-0.15, -0.1) is 11.3 Å². The maximum atomic E-state index is 12.6. The summed E-state index contributed by atoms with van der Waals surface area (Å²) in [5.41, 5.74) is 4.13. The van der Waals surface area contributed by atoms with Gasteiger partial charge in [0.2, 0.25) is 0 Å². The first kappa shape index (κ1) is 19.4. The molecule has 0 bridgehead atoms. The molecule has 0 aliphatic heterocycles. The van der Waals surface area contributed by atoms with E-state index in [1.807, 2.05) is 61.5 Å². The molecule has 0 spiro atoms. The van der Waals surface area contributed by atoms with E-state index < -0.39 is 0 Å². The van der Waals surface area contributed by atoms with Crippen molar-refractivity contribution >= 4 is 56.2 Å². The normalized spacial score (nSPS) is 12.6. The number of benzene rings is 3. The number of aromatic hydroxyl groups is 1. The van der Waals surface area contributed by atoms with Crippen molar-refractivity contribution in [2.45, 2.75) is 22.9 Å². The monoisotopic (exact) mass is 421 g/mol. The fraction of sp³-hybridized carbons (Fsp3) is 0.136. The average molecular weight is 422 g/mol. The number of thioether (sulfide) groups is 1. The lowest BCUT2D eigenvalue weighted by atomic mass is 10.0. The highest BCUT2D eigenvalue weighted by Crippen LogP contribution is 2.33. The van der Waals surface area contributed by atoms with E-state index in [1.54, 1.807) is 17.4 Å². The number of phenols is 1. The van der Waals surface area contributed by atoms with E-state index in [2.05, 4.69) is 15.5 Å². The average Bonchev–Trinajstić information content (AvgIpc) is 3.16. The quantitative estimate of drug-likeness (QED) is 0.256. The SMILES string of the molecule is CCC(Sc1nc2ccccc2s1)C(=O)N/N=C/c1c(O)ccc2ccccc12. The molecular weight excluding hydrogens is 402 g/mol. The molecule has 0 aliphatic rings. The van der Waals surface area contributed by atoms with Crippen molar-refractivity contribution in [1.29, 1.82) is 0 Å². The Hall–Kier alpha value is -2.90. The number of aromatic nitrogens is 1. The lowest BCUT2D eigenvalue weighted by molar-refractivity contribution is -0.120. The number of hydrogen-bond donors (Lipinski definition) is 2. The van der Waals surface area contributed by atoms with E-state index in [0.717, 1.165) is 25.3 Å². The molecule has 3 aromatic carbocycles. The molecule has 7 heteroatoms. The Morgan fingerprint density at radius 2 is 2.00 bits per heavy atom. The number of rotatable bonds is 6. The number of hydrazone groups is 1. The molecule has 1 amide bonds. The third kappa shape index (κ3) is 4.26. The number of fused-ring (bicyclic) bond motifs is 2. The van der Waals surface area contributed by atoms with Crippen LogP contribution in [-0.4, -0.2) is 27.5 Å². The number of carbonyl (C=O) groups is 1. The van der Waals surface area contributed by atoms with E-state index in [0.29, 0.717) is 12.0 Å². The van der Waals surface area contributed by atoms with Gasteiger partial charge in [-0.2, -0.15) is 5.10 Å². The summed E-state index contributed by atoms with van der Waals surface area (Å²) in [6.45, 7) is 1.96. The third-order valence-corrected chi connectivity index (χ3v) is 6.99. The minimum absolute atomic E-state index is 0.123. The zero-order valence-corrected chi connectivity index (χ0v) is 17.3. The summed E-state index contributed by atoms with van der Waals surface area (Å²) < 4.78 is 1.97. The Balaban J connectivity index is 1.47. The van der Waals surface area contributed by atoms with Crippen LogP contribution in [0.1, 0.15) is 18.9 Å². The van der Waals surface area contributed by atoms with Gasteiger partial charge in [-0.05, 0) is 35.4 Å². The lowest BCUT2D eigenvalue weighted by Crippen LogP contribution is -2.28. The molecule has 0 aliphatic carbocycles. The molecule has 2 N–H and O–H groups in total. The molecule has 4 rings (SSSR count). The van der Waals surface area contributed by atoms with Crippen LogP contribution in [0.15, 0.2) is 70.1 Å². The van der Waals surface area contributed by atoms with Crippen LogP contribution in [0.4, 0.5) is 0 Å². The predicted molar refractivity (Wildman–Crippen MR) is 121 cm³/mol. The second kappa shape index (κ2) is 8.63. The molecule has 5 nitrogen and oxygen atoms in total. The third-order valence-electron chi connectivity index (χ3n) is 4.50. The molecular formula is C22H19N3O2S2. The van der Waals surface area contributed by atoms with Crippen LogP contribution < -0.4 is 5.43 Å². The summed E-state index contributed by atoms with van der Waals surface area (Å²) in [6, 6.07) is 19.1. The van der Waals surface area contributed by atoms with Gasteiger partial charge < -0.3 is 5.11 Å². The summed E-state index contributed by atoms with van der Waals surface area (Å²) in [5, 5.41) is 15.8. The van der Waals surface area contributed by atoms with E-state index in [-0.39, 0.29) is 16.9 Å². The van der Waals surface area contributed by atoms with Gasteiger partial charge in [0.1, 0.15) is 5.75 Å². The van der Waals surface area contributed by atoms with E-state index in [1.165, 1.54) is 18.0 Å². The zero-order valence-electron chi connectivity index (χ0n) is 15.7. The van der Waals surface area contributed by atoms with Gasteiger partial charge >= 0.3 is 0 Å². The summed E-state index contributed by atoms with van der Waals surface area (Å²) in [7, 11) is 0. The maximum absolute atomic E-state index is 12.6. The Morgan fingerprint density at radius 1 is 1.21 bits per heavy atom. The first-order valence-electron chi connectivity index (χ1n) is 9.21. The van der Waals surface area contributed by atoms with Crippen LogP contribution in [0.5, 0.6) is 5.75 Å². The summed E-state index contributed by atoms with van der Waals surface area (Å²) in [4.78, 5) is 17.2. The number of carbonyl (C=O) groups excluding carboxylic acids is 1. The highest BCUT2D eigenvalue weighted by atomic mass is 32.2. The van der Waals surface area contributed by atoms with Crippen molar-refractivity contribution in [3.63, 3.8) is 0 Å². The molecule has 0 radical (unpaired) electrons. The number of para-hydroxylation sites is 1. The topological polar surface area (TPSA) is 74.6 Å². The summed E-state index contributed by atoms with van der Waals surface area (Å²) >= 11 is 3.03. The highest BCUT2D eigenvalue weighted by Gasteiger charge is 2.19. The largest absolute Gasteiger partial charge is 0.507 e. The van der Waals surface area contributed by atoms with Gasteiger partial charge in [0.15, 0.2) is 4.34 Å². The van der Waals surface area contributed by atoms with E-state index in [4.69, 9.17) is 0 Å². The molecule has 0 fully saturated rings. The van der Waals surface area contributed by atoms with Crippen LogP contribution >= 0.6 is 23.1 Å². The van der Waals surface area contributed by atoms with Gasteiger partial charge in [-0.1, -0.05) is 61.2 Å². The van der Waals surface area contributed by atoms with Crippen molar-refractivity contribution in [3.05, 3.63) is 66.2 Å². The number of thiazole rings is 1. The molecule has 1 unspecified atom stereocenters. The van der Waals surface area contributed by atoms with E-state index >= 15 is 0 Å². The number of nitrogens with zero attached hydrogens (tertiary/aromatic N) is 2. The Kier molecular flexibility index (Phi) is 5.78. The van der Waals surface area contributed by atoms with Crippen LogP contribution in [0.25, 0.3) is 21.0 Å². The molecule has 0 saturated heterocycles. The molecule has 1 heterocycles. The van der Waals surface area contributed by atoms with Gasteiger partial charge in [0.05, 0.1) is 21.7 Å². The predicted octanol–water partition coefficient (Wildman–Crippen LogP) is 5.18. The van der Waals surface area contributed by atoms with Crippen molar-refractivity contribution < 1.29 is 9.90 Å². The summed E-state index contributed by atoms with van der Waals surface area (Å²) in [5.74, 6) is -0.0645. The maximum Gasteiger partial charge on any atom is 0.253 e. The van der Waals surface area contributed by atoms with Crippen LogP contribution in [-0.2, 0) is 4.79 Å². The van der Waals surface area contributed by atoms with Crippen molar-refractivity contribution in [3.8, 4) is 5.75 Å². The fourth-order valence-electron chi connectivity index (χ4n) is 3.00. The lowest BCUT2D eigenvalue weighted by Gasteiger charge is -2.10. The molecule has 29 heavy (non-hydrogen) atoms. The molecule has 1 atom stereocenters. The van der Waals surface area contributed by atoms with Crippen LogP contribution in [0.2, 0.25) is 0 Å². The Bertz CT molecular complexity index is 1170. The minimum atomic E-state index is -0.297. The first-order valence-corrected chi connectivity index (χ1v) is 10.9. The van der Waals surface area contributed by atoms with Gasteiger partial charge in [0.25, 0.3) is 5.91 Å². The number of phenolic OH excluding ortho intramolecular Hbond substituents is 1. The van der Waals surface area contributed by atoms with Crippen LogP contribution in [0, 0.1) is 0 Å². The zero-order chi connectivity index (χ0) is 20.2. The van der Waals surface area contributed by atoms with Crippen molar-refractivity contribution in [2.75, 3.05) is 0 Å². The van der Waals surface area contributed by atoms with Crippen molar-refractivity contribution in [1.82, 2.24) is 10.4 Å². The highest BCUT2D eigenvalue weighted by molar-refractivity contribution is 8.02. The second-order valence-electron chi connectivity index (χ2n) is 6.42. The van der Waals surface area contributed by atoms with Gasteiger partial charge in [-0.25, -0.2) is 10.4 Å². The second-order valence-corrected chi connectivity index (χ2v) is 8.90. The molecule has 146 valence electrons. The molecule has 4 aromatic rings. The fourth-order valence-corrected chi connectivity index (χ4v) is 5.23. The molecule has 0 saturated carbocycles. The smallest absolute Gasteiger partial charge is 0.253 e. The van der Waals surface area contributed by atoms with Crippen molar-refractivity contribution in [2.24, 2.45) is 5.10 Å². The first-order chi connectivity index (χ1) is 14.2. The van der Waals surface area contributed by atoms with E-state index in [9.17, 15) is 9.90 Å². The number of amides is 1. The summed E-state index contributed by atoms with van der Waals surface area (Å²) in [6.07, 6.45) is 2.14. The molecule has 1 aromatic heterocycles.